The molecule has 0 atom stereocenters. The van der Waals surface area contributed by atoms with Gasteiger partial charge in [-0.1, -0.05) is 17.3 Å². The second-order valence-electron chi connectivity index (χ2n) is 7.40. The number of esters is 1. The van der Waals surface area contributed by atoms with E-state index in [-0.39, 0.29) is 18.6 Å². The molecule has 0 spiro atoms. The minimum Gasteiger partial charge on any atom is -0.490 e. The van der Waals surface area contributed by atoms with Gasteiger partial charge >= 0.3 is 5.97 Å². The van der Waals surface area contributed by atoms with Gasteiger partial charge in [0.25, 0.3) is 5.89 Å². The van der Waals surface area contributed by atoms with Crippen LogP contribution >= 0.6 is 0 Å². The Bertz CT molecular complexity index is 1310. The summed E-state index contributed by atoms with van der Waals surface area (Å²) in [6.45, 7) is 6.05. The van der Waals surface area contributed by atoms with Crippen molar-refractivity contribution < 1.29 is 18.8 Å². The van der Waals surface area contributed by atoms with Gasteiger partial charge < -0.3 is 18.6 Å². The molecule has 2 heterocycles. The van der Waals surface area contributed by atoms with Gasteiger partial charge in [-0.05, 0) is 51.1 Å². The lowest BCUT2D eigenvalue weighted by molar-refractivity contribution is -0.143. The van der Waals surface area contributed by atoms with E-state index in [0.29, 0.717) is 35.2 Å². The topological polar surface area (TPSA) is 103 Å². The van der Waals surface area contributed by atoms with E-state index in [1.807, 2.05) is 48.9 Å². The Kier molecular flexibility index (Phi) is 5.90. The Morgan fingerprint density at radius 3 is 2.84 bits per heavy atom. The zero-order valence-electron chi connectivity index (χ0n) is 18.0. The molecule has 2 aromatic carbocycles. The normalized spacial score (nSPS) is 11.0. The molecular formula is C24H22N4O4. The van der Waals surface area contributed by atoms with Gasteiger partial charge in [0.05, 0.1) is 18.3 Å². The van der Waals surface area contributed by atoms with Crippen molar-refractivity contribution in [2.45, 2.75) is 33.4 Å². The van der Waals surface area contributed by atoms with Gasteiger partial charge in [-0.3, -0.25) is 4.79 Å². The third-order valence-electron chi connectivity index (χ3n) is 4.80. The van der Waals surface area contributed by atoms with Crippen molar-refractivity contribution in [3.05, 3.63) is 54.2 Å². The molecule has 162 valence electrons. The zero-order valence-corrected chi connectivity index (χ0v) is 18.0. The lowest BCUT2D eigenvalue weighted by Crippen LogP contribution is -2.12. The highest BCUT2D eigenvalue weighted by molar-refractivity contribution is 5.94. The summed E-state index contributed by atoms with van der Waals surface area (Å²) in [7, 11) is 0. The van der Waals surface area contributed by atoms with Gasteiger partial charge in [-0.2, -0.15) is 10.2 Å². The van der Waals surface area contributed by atoms with Gasteiger partial charge in [-0.15, -0.1) is 0 Å². The molecule has 0 radical (unpaired) electrons. The number of hydrogen-bond acceptors (Lipinski definition) is 7. The van der Waals surface area contributed by atoms with E-state index in [1.165, 1.54) is 0 Å². The molecule has 0 fully saturated rings. The molecule has 0 aliphatic carbocycles. The maximum atomic E-state index is 11.9. The van der Waals surface area contributed by atoms with Crippen LogP contribution in [0.1, 0.15) is 26.3 Å². The van der Waals surface area contributed by atoms with Crippen LogP contribution in [0.15, 0.2) is 53.2 Å². The highest BCUT2D eigenvalue weighted by atomic mass is 16.5. The summed E-state index contributed by atoms with van der Waals surface area (Å²) >= 11 is 0. The fourth-order valence-electron chi connectivity index (χ4n) is 3.46. The van der Waals surface area contributed by atoms with Gasteiger partial charge in [0.2, 0.25) is 5.82 Å². The molecule has 32 heavy (non-hydrogen) atoms. The van der Waals surface area contributed by atoms with Crippen LogP contribution in [-0.4, -0.2) is 33.4 Å². The Balaban J connectivity index is 1.66. The summed E-state index contributed by atoms with van der Waals surface area (Å²) < 4.78 is 18.0. The van der Waals surface area contributed by atoms with E-state index in [1.54, 1.807) is 25.1 Å². The van der Waals surface area contributed by atoms with Crippen LogP contribution in [0.4, 0.5) is 0 Å². The number of rotatable bonds is 7. The highest BCUT2D eigenvalue weighted by Crippen LogP contribution is 2.31. The first-order chi connectivity index (χ1) is 15.5. The number of hydrogen-bond donors (Lipinski definition) is 0. The summed E-state index contributed by atoms with van der Waals surface area (Å²) in [5, 5.41) is 14.5. The van der Waals surface area contributed by atoms with Crippen LogP contribution in [0.5, 0.6) is 5.75 Å². The standard InChI is InChI=1S/C24H22N4O4/c1-4-30-22(29)14-28-11-10-18-19(6-5-7-20(18)28)23-26-24(32-27-23)16-8-9-21(31-15(2)3)17(12-16)13-25/h5-12,15H,4,14H2,1-3H3. The van der Waals surface area contributed by atoms with E-state index in [2.05, 4.69) is 16.2 Å². The summed E-state index contributed by atoms with van der Waals surface area (Å²) in [5.74, 6) is 0.935. The average Bonchev–Trinajstić information content (AvgIpc) is 3.41. The van der Waals surface area contributed by atoms with Crippen LogP contribution in [0, 0.1) is 11.3 Å². The van der Waals surface area contributed by atoms with E-state index >= 15 is 0 Å². The largest absolute Gasteiger partial charge is 0.490 e. The average molecular weight is 430 g/mol. The Morgan fingerprint density at radius 2 is 2.09 bits per heavy atom. The molecule has 2 aromatic heterocycles. The molecule has 0 aliphatic rings. The number of fused-ring (bicyclic) bond motifs is 1. The van der Waals surface area contributed by atoms with Crippen molar-refractivity contribution in [1.82, 2.24) is 14.7 Å². The van der Waals surface area contributed by atoms with Crippen molar-refractivity contribution in [1.29, 1.82) is 5.26 Å². The number of benzene rings is 2. The monoisotopic (exact) mass is 430 g/mol. The van der Waals surface area contributed by atoms with E-state index in [9.17, 15) is 10.1 Å². The molecule has 0 aliphatic heterocycles. The van der Waals surface area contributed by atoms with Gasteiger partial charge in [-0.25, -0.2) is 0 Å². The molecule has 0 saturated carbocycles. The minimum atomic E-state index is -0.296. The van der Waals surface area contributed by atoms with E-state index in [4.69, 9.17) is 14.0 Å². The maximum Gasteiger partial charge on any atom is 0.325 e. The van der Waals surface area contributed by atoms with Gasteiger partial charge in [0.1, 0.15) is 18.4 Å². The summed E-state index contributed by atoms with van der Waals surface area (Å²) in [6, 6.07) is 14.9. The zero-order chi connectivity index (χ0) is 22.7. The van der Waals surface area contributed by atoms with Crippen LogP contribution in [0.3, 0.4) is 0 Å². The van der Waals surface area contributed by atoms with Crippen LogP contribution in [0.2, 0.25) is 0 Å². The van der Waals surface area contributed by atoms with Crippen molar-refractivity contribution >= 4 is 16.9 Å². The number of aromatic nitrogens is 3. The number of nitriles is 1. The molecule has 8 heteroatoms. The predicted molar refractivity (Wildman–Crippen MR) is 118 cm³/mol. The molecule has 0 saturated heterocycles. The smallest absolute Gasteiger partial charge is 0.325 e. The number of nitrogens with zero attached hydrogens (tertiary/aromatic N) is 4. The number of ether oxygens (including phenoxy) is 2. The predicted octanol–water partition coefficient (Wildman–Crippen LogP) is 4.58. The van der Waals surface area contributed by atoms with Gasteiger partial charge in [0.15, 0.2) is 0 Å². The van der Waals surface area contributed by atoms with E-state index in [0.717, 1.165) is 16.5 Å². The summed E-state index contributed by atoms with van der Waals surface area (Å²) in [5.41, 5.74) is 2.67. The van der Waals surface area contributed by atoms with E-state index < -0.39 is 0 Å². The van der Waals surface area contributed by atoms with Crippen LogP contribution in [0.25, 0.3) is 33.7 Å². The molecule has 0 amide bonds. The first kappa shape index (κ1) is 21.1. The molecule has 4 aromatic rings. The Hall–Kier alpha value is -4.12. The summed E-state index contributed by atoms with van der Waals surface area (Å²) in [6.07, 6.45) is 1.79. The first-order valence-electron chi connectivity index (χ1n) is 10.3. The SMILES string of the molecule is CCOC(=O)Cn1ccc2c(-c3noc(-c4ccc(OC(C)C)c(C#N)c4)n3)cccc21. The number of carbonyl (C=O) groups excluding carboxylic acids is 1. The lowest BCUT2D eigenvalue weighted by atomic mass is 10.1. The molecule has 0 N–H and O–H groups in total. The van der Waals surface area contributed by atoms with Crippen molar-refractivity contribution in [3.8, 4) is 34.7 Å². The van der Waals surface area contributed by atoms with Crippen molar-refractivity contribution in [2.24, 2.45) is 0 Å². The second kappa shape index (κ2) is 8.94. The van der Waals surface area contributed by atoms with Crippen molar-refractivity contribution in [3.63, 3.8) is 0 Å². The Morgan fingerprint density at radius 1 is 1.25 bits per heavy atom. The second-order valence-corrected chi connectivity index (χ2v) is 7.40. The highest BCUT2D eigenvalue weighted by Gasteiger charge is 2.17. The molecule has 0 unspecified atom stereocenters. The molecule has 8 nitrogen and oxygen atoms in total. The fourth-order valence-corrected chi connectivity index (χ4v) is 3.46. The molecular weight excluding hydrogens is 408 g/mol. The van der Waals surface area contributed by atoms with Gasteiger partial charge in [0, 0.05) is 28.2 Å². The number of carbonyl (C=O) groups is 1. The third kappa shape index (κ3) is 4.18. The maximum absolute atomic E-state index is 11.9. The summed E-state index contributed by atoms with van der Waals surface area (Å²) in [4.78, 5) is 16.4. The van der Waals surface area contributed by atoms with Crippen LogP contribution in [-0.2, 0) is 16.1 Å². The lowest BCUT2D eigenvalue weighted by Gasteiger charge is -2.11. The Labute approximate surface area is 185 Å². The van der Waals surface area contributed by atoms with Crippen LogP contribution < -0.4 is 4.74 Å². The minimum absolute atomic E-state index is 0.0421. The fraction of sp³-hybridized carbons (Fsp3) is 0.250. The first-order valence-corrected chi connectivity index (χ1v) is 10.3. The quantitative estimate of drug-likeness (QED) is 0.395. The third-order valence-corrected chi connectivity index (χ3v) is 4.80. The molecule has 0 bridgehead atoms. The van der Waals surface area contributed by atoms with Crippen molar-refractivity contribution in [2.75, 3.05) is 6.61 Å². The molecule has 4 rings (SSSR count).